The number of amides is 1. The Morgan fingerprint density at radius 3 is 2.96 bits per heavy atom. The molecule has 4 rings (SSSR count). The van der Waals surface area contributed by atoms with Crippen molar-refractivity contribution in [3.63, 3.8) is 0 Å². The monoisotopic (exact) mass is 342 g/mol. The van der Waals surface area contributed by atoms with Gasteiger partial charge in [0.25, 0.3) is 0 Å². The first-order valence-electron chi connectivity index (χ1n) is 8.25. The Morgan fingerprint density at radius 2 is 2.12 bits per heavy atom. The summed E-state index contributed by atoms with van der Waals surface area (Å²) in [7, 11) is 0. The van der Waals surface area contributed by atoms with E-state index in [4.69, 9.17) is 17.3 Å². The first-order valence-corrected chi connectivity index (χ1v) is 8.62. The van der Waals surface area contributed by atoms with Crippen LogP contribution in [0.15, 0.2) is 30.6 Å². The van der Waals surface area contributed by atoms with Crippen molar-refractivity contribution < 1.29 is 4.79 Å². The van der Waals surface area contributed by atoms with Gasteiger partial charge in [-0.15, -0.1) is 0 Å². The Labute approximate surface area is 144 Å². The van der Waals surface area contributed by atoms with Gasteiger partial charge in [0.2, 0.25) is 5.91 Å². The molecule has 24 heavy (non-hydrogen) atoms. The van der Waals surface area contributed by atoms with E-state index in [1.165, 1.54) is 0 Å². The van der Waals surface area contributed by atoms with Gasteiger partial charge in [0.1, 0.15) is 0 Å². The molecule has 2 atom stereocenters. The summed E-state index contributed by atoms with van der Waals surface area (Å²) < 4.78 is 0. The van der Waals surface area contributed by atoms with Crippen LogP contribution in [0.3, 0.4) is 0 Å². The number of aromatic nitrogens is 2. The number of hydrogen-bond donors (Lipinski definition) is 3. The molecule has 0 saturated heterocycles. The van der Waals surface area contributed by atoms with Crippen LogP contribution in [-0.4, -0.2) is 21.9 Å². The summed E-state index contributed by atoms with van der Waals surface area (Å²) in [6.45, 7) is 0. The van der Waals surface area contributed by atoms with Crippen molar-refractivity contribution in [1.29, 1.82) is 0 Å². The van der Waals surface area contributed by atoms with Gasteiger partial charge < -0.3 is 16.0 Å². The first-order chi connectivity index (χ1) is 11.6. The van der Waals surface area contributed by atoms with Crippen molar-refractivity contribution in [3.05, 3.63) is 35.6 Å². The molecule has 3 aromatic rings. The van der Waals surface area contributed by atoms with E-state index in [0.717, 1.165) is 47.5 Å². The van der Waals surface area contributed by atoms with Crippen LogP contribution < -0.4 is 11.1 Å². The Hall–Kier alpha value is -2.11. The number of anilines is 1. The van der Waals surface area contributed by atoms with Crippen LogP contribution in [0, 0.1) is 5.92 Å². The second kappa shape index (κ2) is 6.07. The van der Waals surface area contributed by atoms with Crippen molar-refractivity contribution in [2.45, 2.75) is 31.7 Å². The molecule has 1 saturated carbocycles. The maximum atomic E-state index is 12.7. The molecule has 0 bridgehead atoms. The normalized spacial score (nSPS) is 21.2. The topological polar surface area (TPSA) is 83.8 Å². The molecule has 2 heterocycles. The summed E-state index contributed by atoms with van der Waals surface area (Å²) in [5.74, 6) is -0.165. The second-order valence-electron chi connectivity index (χ2n) is 6.47. The maximum absolute atomic E-state index is 12.7. The number of nitrogens with two attached hydrogens (primary N) is 1. The van der Waals surface area contributed by atoms with E-state index in [1.807, 2.05) is 12.1 Å². The van der Waals surface area contributed by atoms with Gasteiger partial charge in [0.15, 0.2) is 0 Å². The van der Waals surface area contributed by atoms with Crippen LogP contribution in [0.2, 0.25) is 5.02 Å². The van der Waals surface area contributed by atoms with E-state index in [-0.39, 0.29) is 17.9 Å². The zero-order valence-corrected chi connectivity index (χ0v) is 13.9. The second-order valence-corrected chi connectivity index (χ2v) is 6.90. The van der Waals surface area contributed by atoms with E-state index >= 15 is 0 Å². The highest BCUT2D eigenvalue weighted by molar-refractivity contribution is 6.32. The lowest BCUT2D eigenvalue weighted by molar-refractivity contribution is -0.121. The highest BCUT2D eigenvalue weighted by Gasteiger charge is 2.28. The van der Waals surface area contributed by atoms with Crippen LogP contribution >= 0.6 is 11.6 Å². The number of rotatable bonds is 2. The Kier molecular flexibility index (Phi) is 3.90. The zero-order valence-electron chi connectivity index (χ0n) is 13.2. The third-order valence-corrected chi connectivity index (χ3v) is 5.11. The smallest absolute Gasteiger partial charge is 0.229 e. The van der Waals surface area contributed by atoms with Crippen molar-refractivity contribution in [3.8, 4) is 0 Å². The van der Waals surface area contributed by atoms with E-state index in [1.54, 1.807) is 18.5 Å². The fraction of sp³-hybridized carbons (Fsp3) is 0.333. The number of halogens is 1. The van der Waals surface area contributed by atoms with Gasteiger partial charge in [-0.05, 0) is 31.0 Å². The number of carbonyl (C=O) groups excluding carboxylic acids is 1. The molecule has 0 aliphatic heterocycles. The lowest BCUT2D eigenvalue weighted by atomic mass is 9.84. The molecule has 124 valence electrons. The van der Waals surface area contributed by atoms with Crippen molar-refractivity contribution in [1.82, 2.24) is 9.97 Å². The lowest BCUT2D eigenvalue weighted by Gasteiger charge is -2.27. The zero-order chi connectivity index (χ0) is 16.7. The van der Waals surface area contributed by atoms with Crippen LogP contribution in [0.1, 0.15) is 25.7 Å². The number of H-pyrrole nitrogens is 1. The number of nitrogens with one attached hydrogen (secondary N) is 2. The molecule has 1 aliphatic rings. The molecule has 1 fully saturated rings. The number of nitrogens with zero attached hydrogens (tertiary/aromatic N) is 1. The van der Waals surface area contributed by atoms with Crippen molar-refractivity contribution >= 4 is 45.0 Å². The highest BCUT2D eigenvalue weighted by atomic mass is 35.5. The SMILES string of the molecule is NC1CCCC[C@H]1C(=O)Nc1cc(Cl)cc2c1[nH]c1cnccc12. The van der Waals surface area contributed by atoms with Gasteiger partial charge in [-0.1, -0.05) is 24.4 Å². The fourth-order valence-corrected chi connectivity index (χ4v) is 3.84. The molecular weight excluding hydrogens is 324 g/mol. The number of carbonyl (C=O) groups is 1. The van der Waals surface area contributed by atoms with Gasteiger partial charge in [-0.3, -0.25) is 9.78 Å². The number of fused-ring (bicyclic) bond motifs is 3. The molecule has 6 heteroatoms. The van der Waals surface area contributed by atoms with Gasteiger partial charge in [-0.2, -0.15) is 0 Å². The van der Waals surface area contributed by atoms with Crippen LogP contribution in [-0.2, 0) is 4.79 Å². The quantitative estimate of drug-likeness (QED) is 0.661. The average molecular weight is 343 g/mol. The Morgan fingerprint density at radius 1 is 1.29 bits per heavy atom. The van der Waals surface area contributed by atoms with Crippen molar-refractivity contribution in [2.75, 3.05) is 5.32 Å². The molecule has 1 amide bonds. The third kappa shape index (κ3) is 2.64. The minimum absolute atomic E-state index is 0.0254. The van der Waals surface area contributed by atoms with Gasteiger partial charge >= 0.3 is 0 Å². The number of pyridine rings is 1. The summed E-state index contributed by atoms with van der Waals surface area (Å²) in [4.78, 5) is 20.2. The van der Waals surface area contributed by atoms with Crippen molar-refractivity contribution in [2.24, 2.45) is 11.7 Å². The van der Waals surface area contributed by atoms with Crippen LogP contribution in [0.4, 0.5) is 5.69 Å². The molecule has 1 aromatic carbocycles. The van der Waals surface area contributed by atoms with Gasteiger partial charge in [0.05, 0.1) is 28.8 Å². The average Bonchev–Trinajstić information content (AvgIpc) is 2.94. The van der Waals surface area contributed by atoms with E-state index in [0.29, 0.717) is 10.7 Å². The molecule has 5 nitrogen and oxygen atoms in total. The summed E-state index contributed by atoms with van der Waals surface area (Å²) in [5.41, 5.74) is 8.60. The number of benzene rings is 1. The predicted molar refractivity (Wildman–Crippen MR) is 97.2 cm³/mol. The summed E-state index contributed by atoms with van der Waals surface area (Å²) in [5, 5.41) is 5.63. The molecule has 1 aliphatic carbocycles. The van der Waals surface area contributed by atoms with Gasteiger partial charge in [-0.25, -0.2) is 0 Å². The van der Waals surface area contributed by atoms with Crippen LogP contribution in [0.5, 0.6) is 0 Å². The summed E-state index contributed by atoms with van der Waals surface area (Å²) in [6.07, 6.45) is 7.41. The van der Waals surface area contributed by atoms with Gasteiger partial charge in [0, 0.05) is 28.0 Å². The van der Waals surface area contributed by atoms with E-state index < -0.39 is 0 Å². The van der Waals surface area contributed by atoms with E-state index in [9.17, 15) is 4.79 Å². The lowest BCUT2D eigenvalue weighted by Crippen LogP contribution is -2.40. The predicted octanol–water partition coefficient (Wildman–Crippen LogP) is 3.83. The summed E-state index contributed by atoms with van der Waals surface area (Å²) in [6, 6.07) is 5.55. The minimum Gasteiger partial charge on any atom is -0.352 e. The Balaban J connectivity index is 1.74. The third-order valence-electron chi connectivity index (χ3n) is 4.89. The molecule has 4 N–H and O–H groups in total. The molecule has 2 aromatic heterocycles. The molecular formula is C18H19ClN4O. The largest absolute Gasteiger partial charge is 0.352 e. The number of hydrogen-bond acceptors (Lipinski definition) is 3. The standard InChI is InChI=1S/C18H19ClN4O/c19-10-7-13-11-5-6-21-9-16(11)22-17(13)15(8-10)23-18(24)12-3-1-2-4-14(12)20/h5-9,12,14,22H,1-4,20H2,(H,23,24)/t12-,14?/m1/s1. The molecule has 0 spiro atoms. The fourth-order valence-electron chi connectivity index (χ4n) is 3.63. The Bertz CT molecular complexity index is 920. The number of aromatic amines is 1. The molecule has 1 unspecified atom stereocenters. The molecule has 0 radical (unpaired) electrons. The minimum atomic E-state index is -0.140. The summed E-state index contributed by atoms with van der Waals surface area (Å²) >= 11 is 6.27. The van der Waals surface area contributed by atoms with E-state index in [2.05, 4.69) is 15.3 Å². The first kappa shape index (κ1) is 15.4. The highest BCUT2D eigenvalue weighted by Crippen LogP contribution is 2.34. The van der Waals surface area contributed by atoms with Crippen LogP contribution in [0.25, 0.3) is 21.8 Å². The maximum Gasteiger partial charge on any atom is 0.229 e.